The Morgan fingerprint density at radius 1 is 1.24 bits per heavy atom. The van der Waals surface area contributed by atoms with E-state index >= 15 is 0 Å². The number of nitrogens with one attached hydrogen (secondary N) is 2. The molecule has 0 fully saturated rings. The van der Waals surface area contributed by atoms with E-state index in [2.05, 4.69) is 10.3 Å². The number of aromatic nitrogens is 1. The maximum atomic E-state index is 12.2. The van der Waals surface area contributed by atoms with Crippen LogP contribution in [0.15, 0.2) is 47.3 Å². The van der Waals surface area contributed by atoms with Gasteiger partial charge in [-0.15, -0.1) is 0 Å². The van der Waals surface area contributed by atoms with E-state index in [0.717, 1.165) is 17.7 Å². The predicted molar refractivity (Wildman–Crippen MR) is 80.6 cm³/mol. The summed E-state index contributed by atoms with van der Waals surface area (Å²) in [7, 11) is 1.61. The molecule has 0 saturated heterocycles. The van der Waals surface area contributed by atoms with Crippen molar-refractivity contribution in [3.8, 4) is 5.75 Å². The number of rotatable bonds is 5. The second-order valence-corrected chi connectivity index (χ2v) is 4.64. The van der Waals surface area contributed by atoms with Gasteiger partial charge in [0.15, 0.2) is 0 Å². The van der Waals surface area contributed by atoms with Crippen molar-refractivity contribution in [3.05, 3.63) is 64.1 Å². The van der Waals surface area contributed by atoms with Gasteiger partial charge in [0.05, 0.1) is 13.2 Å². The van der Waals surface area contributed by atoms with Gasteiger partial charge in [-0.25, -0.2) is 0 Å². The van der Waals surface area contributed by atoms with Crippen molar-refractivity contribution >= 4 is 5.91 Å². The number of amides is 1. The fourth-order valence-electron chi connectivity index (χ4n) is 2.07. The molecule has 1 unspecified atom stereocenters. The SMILES string of the molecule is CCC(NC(=O)c1cccc(=O)[nH]1)c1ccc(OC)cc1. The highest BCUT2D eigenvalue weighted by Gasteiger charge is 2.14. The van der Waals surface area contributed by atoms with Crippen LogP contribution in [-0.2, 0) is 0 Å². The van der Waals surface area contributed by atoms with Crippen LogP contribution in [0.25, 0.3) is 0 Å². The Morgan fingerprint density at radius 2 is 1.95 bits per heavy atom. The molecule has 110 valence electrons. The molecular formula is C16H18N2O3. The molecule has 1 heterocycles. The predicted octanol–water partition coefficient (Wildman–Crippen LogP) is 2.26. The molecule has 0 aliphatic rings. The fraction of sp³-hybridized carbons (Fsp3) is 0.250. The van der Waals surface area contributed by atoms with Crippen molar-refractivity contribution in [3.63, 3.8) is 0 Å². The van der Waals surface area contributed by atoms with Crippen molar-refractivity contribution in [2.75, 3.05) is 7.11 Å². The van der Waals surface area contributed by atoms with Crippen LogP contribution in [0.3, 0.4) is 0 Å². The zero-order valence-electron chi connectivity index (χ0n) is 12.1. The summed E-state index contributed by atoms with van der Waals surface area (Å²) in [5.74, 6) is 0.475. The van der Waals surface area contributed by atoms with Gasteiger partial charge in [0.1, 0.15) is 11.4 Å². The first-order chi connectivity index (χ1) is 10.1. The van der Waals surface area contributed by atoms with E-state index in [4.69, 9.17) is 4.74 Å². The third-order valence-corrected chi connectivity index (χ3v) is 3.24. The first-order valence-corrected chi connectivity index (χ1v) is 6.78. The van der Waals surface area contributed by atoms with Crippen molar-refractivity contribution in [2.45, 2.75) is 19.4 Å². The summed E-state index contributed by atoms with van der Waals surface area (Å²) in [5.41, 5.74) is 0.958. The topological polar surface area (TPSA) is 71.2 Å². The van der Waals surface area contributed by atoms with Crippen LogP contribution in [0.4, 0.5) is 0 Å². The molecule has 1 aromatic carbocycles. The van der Waals surface area contributed by atoms with Gasteiger partial charge in [0.25, 0.3) is 5.91 Å². The molecule has 21 heavy (non-hydrogen) atoms. The minimum atomic E-state index is -0.296. The molecule has 0 aliphatic heterocycles. The summed E-state index contributed by atoms with van der Waals surface area (Å²) in [6.07, 6.45) is 0.745. The molecule has 0 bridgehead atoms. The lowest BCUT2D eigenvalue weighted by Gasteiger charge is -2.17. The van der Waals surface area contributed by atoms with E-state index in [0.29, 0.717) is 0 Å². The number of pyridine rings is 1. The summed E-state index contributed by atoms with van der Waals surface area (Å²) in [6, 6.07) is 11.9. The number of aromatic amines is 1. The monoisotopic (exact) mass is 286 g/mol. The molecule has 1 aromatic heterocycles. The third-order valence-electron chi connectivity index (χ3n) is 3.24. The van der Waals surface area contributed by atoms with Crippen LogP contribution >= 0.6 is 0 Å². The molecule has 1 atom stereocenters. The molecular weight excluding hydrogens is 268 g/mol. The Labute approximate surface area is 123 Å². The van der Waals surface area contributed by atoms with Gasteiger partial charge >= 0.3 is 0 Å². The molecule has 2 aromatic rings. The van der Waals surface area contributed by atoms with Crippen molar-refractivity contribution in [1.82, 2.24) is 10.3 Å². The number of methoxy groups -OCH3 is 1. The Balaban J connectivity index is 2.14. The van der Waals surface area contributed by atoms with Gasteiger partial charge in [-0.05, 0) is 30.2 Å². The number of carbonyl (C=O) groups is 1. The number of benzene rings is 1. The fourth-order valence-corrected chi connectivity index (χ4v) is 2.07. The van der Waals surface area contributed by atoms with Gasteiger partial charge in [-0.2, -0.15) is 0 Å². The first kappa shape index (κ1) is 14.8. The highest BCUT2D eigenvalue weighted by Crippen LogP contribution is 2.20. The first-order valence-electron chi connectivity index (χ1n) is 6.78. The van der Waals surface area contributed by atoms with E-state index in [1.807, 2.05) is 31.2 Å². The quantitative estimate of drug-likeness (QED) is 0.885. The van der Waals surface area contributed by atoms with Gasteiger partial charge in [0.2, 0.25) is 5.56 Å². The lowest BCUT2D eigenvalue weighted by atomic mass is 10.0. The van der Waals surface area contributed by atoms with Gasteiger partial charge < -0.3 is 15.0 Å². The number of hydrogen-bond donors (Lipinski definition) is 2. The average Bonchev–Trinajstić information content (AvgIpc) is 2.52. The minimum Gasteiger partial charge on any atom is -0.497 e. The van der Waals surface area contributed by atoms with Gasteiger partial charge in [-0.3, -0.25) is 9.59 Å². The molecule has 2 N–H and O–H groups in total. The normalized spacial score (nSPS) is 11.7. The van der Waals surface area contributed by atoms with E-state index in [-0.39, 0.29) is 23.2 Å². The maximum absolute atomic E-state index is 12.2. The highest BCUT2D eigenvalue weighted by molar-refractivity contribution is 5.92. The molecule has 0 aliphatic carbocycles. The molecule has 5 nitrogen and oxygen atoms in total. The second kappa shape index (κ2) is 6.74. The van der Waals surface area contributed by atoms with Crippen molar-refractivity contribution in [2.24, 2.45) is 0 Å². The zero-order chi connectivity index (χ0) is 15.2. The maximum Gasteiger partial charge on any atom is 0.268 e. The largest absolute Gasteiger partial charge is 0.497 e. The van der Waals surface area contributed by atoms with Crippen LogP contribution in [0.2, 0.25) is 0 Å². The molecule has 0 radical (unpaired) electrons. The molecule has 5 heteroatoms. The summed E-state index contributed by atoms with van der Waals surface area (Å²) in [4.78, 5) is 25.9. The Bertz CT molecular complexity index is 662. The lowest BCUT2D eigenvalue weighted by Crippen LogP contribution is -2.30. The van der Waals surface area contributed by atoms with Gasteiger partial charge in [-0.1, -0.05) is 25.1 Å². The van der Waals surface area contributed by atoms with E-state index < -0.39 is 0 Å². The van der Waals surface area contributed by atoms with E-state index in [9.17, 15) is 9.59 Å². The van der Waals surface area contributed by atoms with Crippen LogP contribution in [0.5, 0.6) is 5.75 Å². The molecule has 2 rings (SSSR count). The van der Waals surface area contributed by atoms with Gasteiger partial charge in [0, 0.05) is 6.07 Å². The number of carbonyl (C=O) groups excluding carboxylic acids is 1. The number of H-pyrrole nitrogens is 1. The minimum absolute atomic E-state index is 0.118. The average molecular weight is 286 g/mol. The van der Waals surface area contributed by atoms with Crippen LogP contribution < -0.4 is 15.6 Å². The summed E-state index contributed by atoms with van der Waals surface area (Å²) >= 11 is 0. The van der Waals surface area contributed by atoms with Crippen molar-refractivity contribution in [1.29, 1.82) is 0 Å². The Morgan fingerprint density at radius 3 is 2.52 bits per heavy atom. The van der Waals surface area contributed by atoms with Crippen molar-refractivity contribution < 1.29 is 9.53 Å². The Hall–Kier alpha value is -2.56. The molecule has 1 amide bonds. The summed E-state index contributed by atoms with van der Waals surface area (Å²) < 4.78 is 5.12. The lowest BCUT2D eigenvalue weighted by molar-refractivity contribution is 0.0930. The number of ether oxygens (including phenoxy) is 1. The smallest absolute Gasteiger partial charge is 0.268 e. The molecule has 0 spiro atoms. The standard InChI is InChI=1S/C16H18N2O3/c1-3-13(11-7-9-12(21-2)10-8-11)18-16(20)14-5-4-6-15(19)17-14/h4-10,13H,3H2,1-2H3,(H,17,19)(H,18,20). The third kappa shape index (κ3) is 3.72. The summed E-state index contributed by atoms with van der Waals surface area (Å²) in [5, 5.41) is 2.91. The number of hydrogen-bond acceptors (Lipinski definition) is 3. The Kier molecular flexibility index (Phi) is 4.77. The van der Waals surface area contributed by atoms with Crippen LogP contribution in [0.1, 0.15) is 35.4 Å². The second-order valence-electron chi connectivity index (χ2n) is 4.64. The van der Waals surface area contributed by atoms with Crippen LogP contribution in [0, 0.1) is 0 Å². The highest BCUT2D eigenvalue weighted by atomic mass is 16.5. The summed E-state index contributed by atoms with van der Waals surface area (Å²) in [6.45, 7) is 1.99. The van der Waals surface area contributed by atoms with Crippen LogP contribution in [-0.4, -0.2) is 18.0 Å². The van der Waals surface area contributed by atoms with E-state index in [1.165, 1.54) is 6.07 Å². The molecule has 0 saturated carbocycles. The zero-order valence-corrected chi connectivity index (χ0v) is 12.1. The van der Waals surface area contributed by atoms with E-state index in [1.54, 1.807) is 19.2 Å².